The first-order valence-electron chi connectivity index (χ1n) is 6.75. The highest BCUT2D eigenvalue weighted by atomic mass is 16.5. The molecule has 98 valence electrons. The molecule has 1 heteroatoms. The van der Waals surface area contributed by atoms with Crippen LogP contribution in [0.1, 0.15) is 59.8 Å². The maximum Gasteiger partial charge on any atom is 0.0685 e. The van der Waals surface area contributed by atoms with Crippen molar-refractivity contribution in [1.82, 2.24) is 0 Å². The molecule has 0 aromatic rings. The standard InChI is InChI=1S/C16H28O/c1-14-8-6-11-16(4,17-5)12-7-10-15(2,3)13-9-14/h7,9-10H,6,8,11-13H2,1-5H3. The van der Waals surface area contributed by atoms with Gasteiger partial charge in [-0.3, -0.25) is 0 Å². The molecule has 0 amide bonds. The first-order chi connectivity index (χ1) is 7.87. The molecule has 1 aliphatic rings. The van der Waals surface area contributed by atoms with E-state index in [9.17, 15) is 0 Å². The van der Waals surface area contributed by atoms with Gasteiger partial charge in [0.1, 0.15) is 0 Å². The Kier molecular flexibility index (Phi) is 5.00. The Bertz CT molecular complexity index is 299. The largest absolute Gasteiger partial charge is 0.378 e. The maximum atomic E-state index is 5.68. The van der Waals surface area contributed by atoms with Crippen molar-refractivity contribution in [2.45, 2.75) is 65.4 Å². The van der Waals surface area contributed by atoms with E-state index in [-0.39, 0.29) is 11.0 Å². The fourth-order valence-corrected chi connectivity index (χ4v) is 2.26. The van der Waals surface area contributed by atoms with Crippen LogP contribution in [0.5, 0.6) is 0 Å². The van der Waals surface area contributed by atoms with Crippen molar-refractivity contribution < 1.29 is 4.74 Å². The van der Waals surface area contributed by atoms with Gasteiger partial charge in [-0.2, -0.15) is 0 Å². The quantitative estimate of drug-likeness (QED) is 0.589. The molecule has 1 unspecified atom stereocenters. The normalized spacial score (nSPS) is 30.5. The molecule has 0 aliphatic heterocycles. The topological polar surface area (TPSA) is 9.23 Å². The third kappa shape index (κ3) is 5.08. The lowest BCUT2D eigenvalue weighted by atomic mass is 9.87. The van der Waals surface area contributed by atoms with Crippen LogP contribution in [-0.2, 0) is 4.74 Å². The highest BCUT2D eigenvalue weighted by Gasteiger charge is 2.22. The van der Waals surface area contributed by atoms with Crippen molar-refractivity contribution in [3.05, 3.63) is 23.8 Å². The Morgan fingerprint density at radius 3 is 2.53 bits per heavy atom. The van der Waals surface area contributed by atoms with E-state index >= 15 is 0 Å². The second kappa shape index (κ2) is 5.86. The highest BCUT2D eigenvalue weighted by Crippen LogP contribution is 2.29. The van der Waals surface area contributed by atoms with Crippen molar-refractivity contribution in [3.8, 4) is 0 Å². The molecule has 0 fully saturated rings. The van der Waals surface area contributed by atoms with Crippen LogP contribution in [0.15, 0.2) is 23.8 Å². The maximum absolute atomic E-state index is 5.68. The molecule has 0 N–H and O–H groups in total. The summed E-state index contributed by atoms with van der Waals surface area (Å²) in [4.78, 5) is 0. The summed E-state index contributed by atoms with van der Waals surface area (Å²) in [5.74, 6) is 0. The van der Waals surface area contributed by atoms with E-state index in [1.54, 1.807) is 0 Å². The summed E-state index contributed by atoms with van der Waals surface area (Å²) in [6.07, 6.45) is 12.8. The molecule has 0 heterocycles. The molecule has 1 aliphatic carbocycles. The molecule has 0 saturated heterocycles. The molecular formula is C16H28O. The van der Waals surface area contributed by atoms with Gasteiger partial charge in [-0.05, 0) is 51.4 Å². The van der Waals surface area contributed by atoms with Crippen LogP contribution < -0.4 is 0 Å². The molecule has 1 nitrogen and oxygen atoms in total. The lowest BCUT2D eigenvalue weighted by Crippen LogP contribution is -2.26. The van der Waals surface area contributed by atoms with Gasteiger partial charge in [0, 0.05) is 7.11 Å². The SMILES string of the molecule is COC1(C)CC=CC(C)(C)CC=C(C)CCC1. The van der Waals surface area contributed by atoms with Gasteiger partial charge in [-0.15, -0.1) is 0 Å². The summed E-state index contributed by atoms with van der Waals surface area (Å²) in [6, 6.07) is 0. The smallest absolute Gasteiger partial charge is 0.0685 e. The van der Waals surface area contributed by atoms with E-state index in [1.165, 1.54) is 18.4 Å². The minimum absolute atomic E-state index is 0.0111. The van der Waals surface area contributed by atoms with E-state index < -0.39 is 0 Å². The predicted octanol–water partition coefficient (Wildman–Crippen LogP) is 4.88. The van der Waals surface area contributed by atoms with Gasteiger partial charge >= 0.3 is 0 Å². The zero-order valence-corrected chi connectivity index (χ0v) is 12.2. The first kappa shape index (κ1) is 14.5. The fraction of sp³-hybridized carbons (Fsp3) is 0.750. The Hall–Kier alpha value is -0.560. The van der Waals surface area contributed by atoms with Crippen LogP contribution in [0.4, 0.5) is 0 Å². The van der Waals surface area contributed by atoms with Crippen molar-refractivity contribution in [1.29, 1.82) is 0 Å². The molecule has 0 aromatic heterocycles. The number of allylic oxidation sites excluding steroid dienone is 3. The highest BCUT2D eigenvalue weighted by molar-refractivity contribution is 5.07. The third-order valence-electron chi connectivity index (χ3n) is 3.86. The number of ether oxygens (including phenoxy) is 1. The Morgan fingerprint density at radius 1 is 1.18 bits per heavy atom. The van der Waals surface area contributed by atoms with Gasteiger partial charge in [-0.1, -0.05) is 37.6 Å². The first-order valence-corrected chi connectivity index (χ1v) is 6.75. The van der Waals surface area contributed by atoms with Crippen LogP contribution in [-0.4, -0.2) is 12.7 Å². The van der Waals surface area contributed by atoms with Gasteiger partial charge < -0.3 is 4.74 Å². The summed E-state index contributed by atoms with van der Waals surface area (Å²) in [5.41, 5.74) is 1.80. The molecule has 0 radical (unpaired) electrons. The Labute approximate surface area is 107 Å². The Balaban J connectivity index is 2.82. The average Bonchev–Trinajstić information content (AvgIpc) is 2.27. The summed E-state index contributed by atoms with van der Waals surface area (Å²) < 4.78 is 5.68. The van der Waals surface area contributed by atoms with Crippen molar-refractivity contribution in [2.75, 3.05) is 7.11 Å². The summed E-state index contributed by atoms with van der Waals surface area (Å²) >= 11 is 0. The van der Waals surface area contributed by atoms with Crippen LogP contribution in [0.3, 0.4) is 0 Å². The van der Waals surface area contributed by atoms with E-state index in [1.807, 2.05) is 7.11 Å². The molecule has 0 spiro atoms. The fourth-order valence-electron chi connectivity index (χ4n) is 2.26. The Morgan fingerprint density at radius 2 is 1.88 bits per heavy atom. The van der Waals surface area contributed by atoms with E-state index in [2.05, 4.69) is 45.9 Å². The van der Waals surface area contributed by atoms with Crippen molar-refractivity contribution in [2.24, 2.45) is 5.41 Å². The molecule has 0 saturated carbocycles. The second-order valence-corrected chi connectivity index (χ2v) is 6.36. The van der Waals surface area contributed by atoms with Crippen LogP contribution in [0.25, 0.3) is 0 Å². The summed E-state index contributed by atoms with van der Waals surface area (Å²) in [7, 11) is 1.83. The summed E-state index contributed by atoms with van der Waals surface area (Å²) in [6.45, 7) is 9.08. The second-order valence-electron chi connectivity index (χ2n) is 6.36. The van der Waals surface area contributed by atoms with Gasteiger partial charge in [-0.25, -0.2) is 0 Å². The minimum Gasteiger partial charge on any atom is -0.378 e. The monoisotopic (exact) mass is 236 g/mol. The van der Waals surface area contributed by atoms with Gasteiger partial charge in [0.25, 0.3) is 0 Å². The van der Waals surface area contributed by atoms with Gasteiger partial charge in [0.15, 0.2) is 0 Å². The zero-order valence-electron chi connectivity index (χ0n) is 12.2. The minimum atomic E-state index is 0.0111. The van der Waals surface area contributed by atoms with Crippen LogP contribution in [0.2, 0.25) is 0 Å². The molecule has 1 rings (SSSR count). The van der Waals surface area contributed by atoms with Gasteiger partial charge in [0.2, 0.25) is 0 Å². The lowest BCUT2D eigenvalue weighted by molar-refractivity contribution is -0.0000689. The molecule has 0 aromatic carbocycles. The van der Waals surface area contributed by atoms with Crippen molar-refractivity contribution >= 4 is 0 Å². The van der Waals surface area contributed by atoms with E-state index in [4.69, 9.17) is 4.74 Å². The zero-order chi connectivity index (χ0) is 12.9. The lowest BCUT2D eigenvalue weighted by Gasteiger charge is -2.27. The molecule has 1 atom stereocenters. The van der Waals surface area contributed by atoms with E-state index in [0.29, 0.717) is 0 Å². The average molecular weight is 236 g/mol. The predicted molar refractivity (Wildman–Crippen MR) is 75.2 cm³/mol. The summed E-state index contributed by atoms with van der Waals surface area (Å²) in [5, 5.41) is 0. The molecular weight excluding hydrogens is 208 g/mol. The number of methoxy groups -OCH3 is 1. The third-order valence-corrected chi connectivity index (χ3v) is 3.86. The van der Waals surface area contributed by atoms with Gasteiger partial charge in [0.05, 0.1) is 5.60 Å². The van der Waals surface area contributed by atoms with Crippen molar-refractivity contribution in [3.63, 3.8) is 0 Å². The number of hydrogen-bond acceptors (Lipinski definition) is 1. The van der Waals surface area contributed by atoms with E-state index in [0.717, 1.165) is 19.3 Å². The van der Waals surface area contributed by atoms with Crippen LogP contribution >= 0.6 is 0 Å². The number of hydrogen-bond donors (Lipinski definition) is 0. The number of rotatable bonds is 1. The molecule has 0 bridgehead atoms. The van der Waals surface area contributed by atoms with Crippen LogP contribution in [0, 0.1) is 5.41 Å². The molecule has 17 heavy (non-hydrogen) atoms.